The molecule has 10 aromatic rings. The average molecular weight is 1800 g/mol. The lowest BCUT2D eigenvalue weighted by atomic mass is 9.83. The zero-order chi connectivity index (χ0) is 89.8. The maximum atomic E-state index is 12.3. The molecule has 124 heavy (non-hydrogen) atoms. The van der Waals surface area contributed by atoms with Crippen LogP contribution in [-0.4, -0.2) is 147 Å². The molecule has 1 atom stereocenters. The number of nitrogens with zero attached hydrogens (tertiary/aromatic N) is 4. The first-order valence-corrected chi connectivity index (χ1v) is 39.7. The molecule has 640 valence electrons. The number of carbonyl (C=O) groups excluding carboxylic acids is 4. The molecule has 1 saturated carbocycles. The van der Waals surface area contributed by atoms with E-state index in [0.717, 1.165) is 47.6 Å². The molecule has 1 unspecified atom stereocenters. The van der Waals surface area contributed by atoms with Crippen molar-refractivity contribution in [3.63, 3.8) is 0 Å². The Hall–Kier alpha value is -13.3. The van der Waals surface area contributed by atoms with Gasteiger partial charge in [-0.25, -0.2) is 21.7 Å². The van der Waals surface area contributed by atoms with Gasteiger partial charge in [-0.05, 0) is 174 Å². The summed E-state index contributed by atoms with van der Waals surface area (Å²) >= 11 is 35.5. The molecule has 4 amide bonds. The van der Waals surface area contributed by atoms with Crippen LogP contribution in [0.3, 0.4) is 0 Å². The molecule has 1 aliphatic carbocycles. The van der Waals surface area contributed by atoms with Crippen LogP contribution in [0.1, 0.15) is 138 Å². The number of aromatic hydroxyl groups is 4. The highest BCUT2D eigenvalue weighted by Gasteiger charge is 2.25. The van der Waals surface area contributed by atoms with E-state index in [1.807, 2.05) is 43.3 Å². The van der Waals surface area contributed by atoms with E-state index in [9.17, 15) is 44.7 Å². The van der Waals surface area contributed by atoms with Crippen molar-refractivity contribution in [2.24, 2.45) is 26.1 Å². The number of hydrazone groups is 4. The summed E-state index contributed by atoms with van der Waals surface area (Å²) in [6.07, 6.45) is 11.7. The standard InChI is InChI=1S/C26H24ClN3O2.C25H19Cl3N2O5.C22H23ClN2O5.C19H17ClN2O5/c27-23-16-19(10-11-24(23)31)25(32)30-29-17-20-9-8-18(21-6-2-3-7-22(20)21)12-15-26(28)13-4-1-5-14-26;1-33-22-12-15(14-29-30-25(32)17-8-9-21(31)20(28)13-17)11-16(23(22)34-2)5-4-10-35-24-18(26)6-3-7-19(24)27;1-4-17(26)7-5-6-15-10-14(11-20(29-2)21(15)30-3)13-24-25-22(28)16-8-9-19(27)18(23)12-16;1-26-17-9-12(8-13(4-3-7-23)18(17)27-2)11-21-22-19(25)14-5-6-16(24)15(20)10-14/h2-3,6-11,16-17,31H,1,4-5,13-14,28H2,(H,30,32);3,6-9,11-14,31H,10H2,1-2H3,(H,30,32);8-13,17,26-27H,4,7H2,1-3H3,(H,25,28);5-6,8-11,23-24H,7H2,1-2H3,(H,22,25)/b29-17+;29-14+;24-13+;21-11+. The Kier molecular flexibility index (Phi) is 37.5. The molecule has 0 bridgehead atoms. The number of hydrogen-bond donors (Lipinski definition) is 11. The summed E-state index contributed by atoms with van der Waals surface area (Å²) in [5.74, 6) is 24.4. The van der Waals surface area contributed by atoms with E-state index in [1.54, 1.807) is 60.8 Å². The number of aliphatic hydroxyl groups is 2. The molecule has 1 aliphatic rings. The van der Waals surface area contributed by atoms with E-state index in [4.69, 9.17) is 114 Å². The minimum Gasteiger partial charge on any atom is -0.506 e. The van der Waals surface area contributed by atoms with Gasteiger partial charge in [0.15, 0.2) is 40.2 Å². The number of nitrogens with one attached hydrogen (secondary N) is 4. The van der Waals surface area contributed by atoms with Gasteiger partial charge >= 0.3 is 0 Å². The predicted molar refractivity (Wildman–Crippen MR) is 483 cm³/mol. The first-order valence-electron chi connectivity index (χ1n) is 37.4. The monoisotopic (exact) mass is 1800 g/mol. The number of methoxy groups -OCH3 is 6. The number of amides is 4. The lowest BCUT2D eigenvalue weighted by molar-refractivity contribution is 0.0947. The molecule has 0 aliphatic heterocycles. The number of rotatable bonds is 22. The van der Waals surface area contributed by atoms with Crippen molar-refractivity contribution in [2.45, 2.75) is 63.5 Å². The number of para-hydroxylation sites is 1. The normalized spacial score (nSPS) is 11.9. The summed E-state index contributed by atoms with van der Waals surface area (Å²) in [5.41, 5.74) is 21.9. The van der Waals surface area contributed by atoms with Crippen molar-refractivity contribution in [1.29, 1.82) is 0 Å². The third kappa shape index (κ3) is 28.1. The fourth-order valence-electron chi connectivity index (χ4n) is 11.4. The van der Waals surface area contributed by atoms with Crippen LogP contribution in [0, 0.1) is 47.4 Å². The van der Waals surface area contributed by atoms with Gasteiger partial charge in [0.2, 0.25) is 0 Å². The molecular formula is C92H83Cl6N9O17. The molecule has 32 heteroatoms. The lowest BCUT2D eigenvalue weighted by Gasteiger charge is -2.27. The van der Waals surface area contributed by atoms with Crippen LogP contribution in [0.15, 0.2) is 184 Å². The molecule has 0 heterocycles. The Morgan fingerprint density at radius 2 is 0.815 bits per heavy atom. The Morgan fingerprint density at radius 3 is 1.19 bits per heavy atom. The highest BCUT2D eigenvalue weighted by molar-refractivity contribution is 6.37. The number of aliphatic hydroxyl groups excluding tert-OH is 2. The molecular weight excluding hydrogens is 1720 g/mol. The Balaban J connectivity index is 0.000000206. The number of hydrogen-bond acceptors (Lipinski definition) is 22. The molecule has 12 N–H and O–H groups in total. The van der Waals surface area contributed by atoms with Crippen molar-refractivity contribution in [3.8, 4) is 111 Å². The van der Waals surface area contributed by atoms with Crippen molar-refractivity contribution >= 4 is 129 Å². The van der Waals surface area contributed by atoms with Crippen molar-refractivity contribution < 1.29 is 83.0 Å². The van der Waals surface area contributed by atoms with Crippen LogP contribution in [0.5, 0.6) is 63.2 Å². The maximum absolute atomic E-state index is 12.3. The number of benzene rings is 10. The fourth-order valence-corrected chi connectivity index (χ4v) is 12.6. The number of phenols is 4. The van der Waals surface area contributed by atoms with Gasteiger partial charge in [-0.1, -0.05) is 180 Å². The molecule has 0 radical (unpaired) electrons. The van der Waals surface area contributed by atoms with E-state index in [0.29, 0.717) is 102 Å². The first-order chi connectivity index (χ1) is 59.7. The second-order valence-electron chi connectivity index (χ2n) is 26.3. The summed E-state index contributed by atoms with van der Waals surface area (Å²) in [4.78, 5) is 48.8. The number of phenolic OH excluding ortho intramolecular Hbond substituents is 4. The quantitative estimate of drug-likeness (QED) is 0.0171. The first kappa shape index (κ1) is 96.1. The second kappa shape index (κ2) is 48.4. The van der Waals surface area contributed by atoms with Gasteiger partial charge in [-0.15, -0.1) is 0 Å². The van der Waals surface area contributed by atoms with Crippen LogP contribution < -0.4 is 60.6 Å². The molecule has 10 aromatic carbocycles. The summed E-state index contributed by atoms with van der Waals surface area (Å²) in [5, 5.41) is 75.3. The van der Waals surface area contributed by atoms with Crippen molar-refractivity contribution in [1.82, 2.24) is 21.7 Å². The van der Waals surface area contributed by atoms with Crippen LogP contribution in [0.4, 0.5) is 0 Å². The molecule has 0 saturated heterocycles. The fraction of sp³-hybridized carbons (Fsp3) is 0.196. The Bertz CT molecular complexity index is 5920. The summed E-state index contributed by atoms with van der Waals surface area (Å²) in [6, 6.07) is 43.6. The summed E-state index contributed by atoms with van der Waals surface area (Å²) < 4.78 is 37.7. The minimum atomic E-state index is -0.501. The van der Waals surface area contributed by atoms with Crippen LogP contribution in [0.2, 0.25) is 30.1 Å². The van der Waals surface area contributed by atoms with E-state index in [1.165, 1.54) is 141 Å². The average Bonchev–Trinajstić information content (AvgIpc) is 0.778. The van der Waals surface area contributed by atoms with Gasteiger partial charge in [0, 0.05) is 39.8 Å². The lowest BCUT2D eigenvalue weighted by Crippen LogP contribution is -2.40. The smallest absolute Gasteiger partial charge is 0.271 e. The largest absolute Gasteiger partial charge is 0.506 e. The Morgan fingerprint density at radius 1 is 0.435 bits per heavy atom. The van der Waals surface area contributed by atoms with Gasteiger partial charge in [0.25, 0.3) is 23.6 Å². The van der Waals surface area contributed by atoms with Gasteiger partial charge < -0.3 is 69.5 Å². The summed E-state index contributed by atoms with van der Waals surface area (Å²) in [6.45, 7) is 1.61. The number of halogens is 6. The van der Waals surface area contributed by atoms with E-state index in [-0.39, 0.29) is 73.0 Å². The number of fused-ring (bicyclic) bond motifs is 1. The van der Waals surface area contributed by atoms with Crippen LogP contribution >= 0.6 is 69.6 Å². The van der Waals surface area contributed by atoms with Gasteiger partial charge in [-0.2, -0.15) is 20.4 Å². The highest BCUT2D eigenvalue weighted by atomic mass is 35.5. The highest BCUT2D eigenvalue weighted by Crippen LogP contribution is 2.37. The Labute approximate surface area is 745 Å². The van der Waals surface area contributed by atoms with E-state index in [2.05, 4.69) is 89.5 Å². The van der Waals surface area contributed by atoms with Gasteiger partial charge in [0.1, 0.15) is 36.2 Å². The predicted octanol–water partition coefficient (Wildman–Crippen LogP) is 16.0. The minimum absolute atomic E-state index is 0.0263. The topological polar surface area (TPSA) is 378 Å². The number of ether oxygens (including phenoxy) is 7. The number of carbonyl (C=O) groups is 4. The van der Waals surface area contributed by atoms with Crippen molar-refractivity contribution in [3.05, 3.63) is 261 Å². The van der Waals surface area contributed by atoms with E-state index >= 15 is 0 Å². The second-order valence-corrected chi connectivity index (χ2v) is 28.7. The maximum Gasteiger partial charge on any atom is 0.271 e. The molecule has 11 rings (SSSR count). The van der Waals surface area contributed by atoms with Gasteiger partial charge in [-0.3, -0.25) is 19.2 Å². The zero-order valence-corrected chi connectivity index (χ0v) is 72.2. The van der Waals surface area contributed by atoms with Crippen LogP contribution in [-0.2, 0) is 0 Å². The third-order valence-electron chi connectivity index (χ3n) is 17.8. The van der Waals surface area contributed by atoms with Crippen molar-refractivity contribution in [2.75, 3.05) is 55.9 Å². The van der Waals surface area contributed by atoms with E-state index < -0.39 is 35.3 Å². The SMILES string of the molecule is CCC(O)CC#Cc1cc(/C=N/NC(=O)c2ccc(O)c(Cl)c2)cc(OC)c1OC.COc1cc(/C=N/NC(=O)c2ccc(O)c(Cl)c2)cc(C#CCO)c1OC.COc1cc(/C=N/NC(=O)c2ccc(O)c(Cl)c2)cc(C#CCOc2c(Cl)cccc2Cl)c1OC.NC1(C#Cc2ccc(/C=N/NC(=O)c3ccc(O)c(Cl)c3)c3ccccc23)CCCCC1. The number of nitrogens with two attached hydrogens (primary N) is 1. The van der Waals surface area contributed by atoms with Gasteiger partial charge in [0.05, 0.1) is 126 Å². The van der Waals surface area contributed by atoms with Crippen LogP contribution in [0.25, 0.3) is 10.8 Å². The molecule has 0 spiro atoms. The molecule has 1 fully saturated rings. The molecule has 26 nitrogen and oxygen atoms in total. The molecule has 0 aromatic heterocycles. The zero-order valence-electron chi connectivity index (χ0n) is 67.6. The third-order valence-corrected chi connectivity index (χ3v) is 19.6. The summed E-state index contributed by atoms with van der Waals surface area (Å²) in [7, 11) is 8.99.